The number of ether oxygens (including phenoxy) is 1. The van der Waals surface area contributed by atoms with Gasteiger partial charge in [0.15, 0.2) is 0 Å². The van der Waals surface area contributed by atoms with Crippen LogP contribution in [0.15, 0.2) is 29.1 Å². The number of nitrogens with zero attached hydrogens (tertiary/aromatic N) is 2. The van der Waals surface area contributed by atoms with Crippen molar-refractivity contribution in [2.75, 3.05) is 6.61 Å². The number of halogens is 1. The lowest BCUT2D eigenvalue weighted by molar-refractivity contribution is -0.146. The van der Waals surface area contributed by atoms with Gasteiger partial charge >= 0.3 is 5.97 Å². The summed E-state index contributed by atoms with van der Waals surface area (Å²) in [7, 11) is 0. The Bertz CT molecular complexity index is 550. The molecule has 2 heterocycles. The average Bonchev–Trinajstić information content (AvgIpc) is 2.73. The number of hydrogen-bond acceptors (Lipinski definition) is 3. The van der Waals surface area contributed by atoms with Crippen molar-refractivity contribution in [2.45, 2.75) is 19.9 Å². The van der Waals surface area contributed by atoms with Crippen LogP contribution in [0.4, 0.5) is 0 Å². The molecule has 1 atom stereocenters. The lowest BCUT2D eigenvalue weighted by Crippen LogP contribution is -2.18. The molecular weight excluding hydrogens is 284 g/mol. The van der Waals surface area contributed by atoms with Gasteiger partial charge in [0.05, 0.1) is 12.1 Å². The van der Waals surface area contributed by atoms with Crippen molar-refractivity contribution in [1.29, 1.82) is 0 Å². The van der Waals surface area contributed by atoms with Gasteiger partial charge in [-0.15, -0.1) is 0 Å². The molecule has 90 valence electrons. The topological polar surface area (TPSA) is 44.1 Å². The summed E-state index contributed by atoms with van der Waals surface area (Å²) in [4.78, 5) is 15.8. The third-order valence-electron chi connectivity index (χ3n) is 2.64. The van der Waals surface area contributed by atoms with E-state index in [9.17, 15) is 4.79 Å². The molecule has 2 aromatic heterocycles. The zero-order valence-electron chi connectivity index (χ0n) is 9.68. The maximum atomic E-state index is 11.7. The van der Waals surface area contributed by atoms with E-state index in [-0.39, 0.29) is 12.0 Å². The highest BCUT2D eigenvalue weighted by Gasteiger charge is 2.18. The highest BCUT2D eigenvalue weighted by molar-refractivity contribution is 9.10. The van der Waals surface area contributed by atoms with Crippen LogP contribution < -0.4 is 0 Å². The summed E-state index contributed by atoms with van der Waals surface area (Å²) in [5.41, 5.74) is 0.965. The van der Waals surface area contributed by atoms with E-state index < -0.39 is 0 Å². The highest BCUT2D eigenvalue weighted by Crippen LogP contribution is 2.25. The van der Waals surface area contributed by atoms with E-state index in [2.05, 4.69) is 20.9 Å². The molecule has 1 unspecified atom stereocenters. The Kier molecular flexibility index (Phi) is 3.47. The molecule has 2 aromatic rings. The van der Waals surface area contributed by atoms with Crippen LogP contribution in [0.25, 0.3) is 10.9 Å². The quantitative estimate of drug-likeness (QED) is 0.646. The Hall–Kier alpha value is -1.36. The van der Waals surface area contributed by atoms with Crippen LogP contribution in [-0.2, 0) is 9.53 Å². The molecular formula is C12H13BrN2O2. The number of rotatable bonds is 3. The molecule has 5 heteroatoms. The van der Waals surface area contributed by atoms with Gasteiger partial charge in [0.1, 0.15) is 10.6 Å². The third kappa shape index (κ3) is 2.20. The Morgan fingerprint density at radius 1 is 1.59 bits per heavy atom. The summed E-state index contributed by atoms with van der Waals surface area (Å²) in [5, 5.41) is 0.989. The van der Waals surface area contributed by atoms with Gasteiger partial charge in [-0.3, -0.25) is 0 Å². The van der Waals surface area contributed by atoms with Gasteiger partial charge in [-0.1, -0.05) is 0 Å². The Balaban J connectivity index is 2.42. The number of carbonyl (C=O) groups is 1. The number of fused-ring (bicyclic) bond motifs is 1. The van der Waals surface area contributed by atoms with Crippen LogP contribution in [0.5, 0.6) is 0 Å². The van der Waals surface area contributed by atoms with E-state index in [0.717, 1.165) is 15.5 Å². The summed E-state index contributed by atoms with van der Waals surface area (Å²) in [6.07, 6.45) is 3.58. The largest absolute Gasteiger partial charge is 0.464 e. The van der Waals surface area contributed by atoms with E-state index in [0.29, 0.717) is 6.61 Å². The lowest BCUT2D eigenvalue weighted by atomic mass is 10.3. The fourth-order valence-electron chi connectivity index (χ4n) is 1.77. The molecule has 0 saturated heterocycles. The molecule has 0 radical (unpaired) electrons. The minimum Gasteiger partial charge on any atom is -0.464 e. The lowest BCUT2D eigenvalue weighted by Gasteiger charge is -2.13. The molecule has 2 rings (SSSR count). The van der Waals surface area contributed by atoms with Gasteiger partial charge in [0.2, 0.25) is 0 Å². The maximum absolute atomic E-state index is 11.7. The second-order valence-electron chi connectivity index (χ2n) is 3.69. The van der Waals surface area contributed by atoms with E-state index in [1.165, 1.54) is 0 Å². The first-order valence-electron chi connectivity index (χ1n) is 5.42. The zero-order valence-corrected chi connectivity index (χ0v) is 11.3. The van der Waals surface area contributed by atoms with Crippen LogP contribution in [0.3, 0.4) is 0 Å². The first-order chi connectivity index (χ1) is 8.15. The van der Waals surface area contributed by atoms with Crippen LogP contribution >= 0.6 is 15.9 Å². The minimum atomic E-state index is -0.332. The second kappa shape index (κ2) is 4.87. The molecule has 0 bridgehead atoms. The Morgan fingerprint density at radius 3 is 3.06 bits per heavy atom. The van der Waals surface area contributed by atoms with Crippen molar-refractivity contribution in [2.24, 2.45) is 0 Å². The van der Waals surface area contributed by atoms with Crippen molar-refractivity contribution in [3.05, 3.63) is 29.1 Å². The molecule has 4 nitrogen and oxygen atoms in total. The third-order valence-corrected chi connectivity index (χ3v) is 3.28. The fraction of sp³-hybridized carbons (Fsp3) is 0.333. The van der Waals surface area contributed by atoms with E-state index in [4.69, 9.17) is 4.74 Å². The molecule has 17 heavy (non-hydrogen) atoms. The minimum absolute atomic E-state index is 0.224. The van der Waals surface area contributed by atoms with Crippen molar-refractivity contribution in [3.63, 3.8) is 0 Å². The summed E-state index contributed by atoms with van der Waals surface area (Å²) in [6.45, 7) is 4.03. The summed E-state index contributed by atoms with van der Waals surface area (Å²) < 4.78 is 7.69. The maximum Gasteiger partial charge on any atom is 0.328 e. The molecule has 0 aliphatic carbocycles. The molecule has 0 saturated carbocycles. The average molecular weight is 297 g/mol. The first kappa shape index (κ1) is 12.1. The van der Waals surface area contributed by atoms with E-state index in [1.54, 1.807) is 13.1 Å². The van der Waals surface area contributed by atoms with Gasteiger partial charge in [0, 0.05) is 17.8 Å². The standard InChI is InChI=1S/C12H13BrN2O2/c1-3-17-12(16)8(2)15-7-5-9-10(15)4-6-14-11(9)13/h4-8H,3H2,1-2H3. The Morgan fingerprint density at radius 2 is 2.35 bits per heavy atom. The van der Waals surface area contributed by atoms with Gasteiger partial charge in [-0.2, -0.15) is 0 Å². The van der Waals surface area contributed by atoms with Crippen LogP contribution in [0.2, 0.25) is 0 Å². The molecule has 0 spiro atoms. The molecule has 0 aromatic carbocycles. The molecule has 0 amide bonds. The highest BCUT2D eigenvalue weighted by atomic mass is 79.9. The van der Waals surface area contributed by atoms with Gasteiger partial charge in [-0.05, 0) is 41.9 Å². The molecule has 0 fully saturated rings. The van der Waals surface area contributed by atoms with Crippen molar-refractivity contribution < 1.29 is 9.53 Å². The van der Waals surface area contributed by atoms with Crippen molar-refractivity contribution in [3.8, 4) is 0 Å². The SMILES string of the molecule is CCOC(=O)C(C)n1ccc2c(Br)nccc21. The molecule has 0 aliphatic heterocycles. The van der Waals surface area contributed by atoms with Crippen molar-refractivity contribution in [1.82, 2.24) is 9.55 Å². The van der Waals surface area contributed by atoms with Gasteiger partial charge in [-0.25, -0.2) is 9.78 Å². The number of hydrogen-bond donors (Lipinski definition) is 0. The number of pyridine rings is 1. The number of aromatic nitrogens is 2. The van der Waals surface area contributed by atoms with Crippen LogP contribution in [-0.4, -0.2) is 22.1 Å². The molecule has 0 N–H and O–H groups in total. The normalized spacial score (nSPS) is 12.6. The van der Waals surface area contributed by atoms with Crippen LogP contribution in [0.1, 0.15) is 19.9 Å². The van der Waals surface area contributed by atoms with E-state index >= 15 is 0 Å². The molecule has 0 aliphatic rings. The van der Waals surface area contributed by atoms with Crippen LogP contribution in [0, 0.1) is 0 Å². The number of esters is 1. The monoisotopic (exact) mass is 296 g/mol. The second-order valence-corrected chi connectivity index (χ2v) is 4.44. The number of carbonyl (C=O) groups excluding carboxylic acids is 1. The first-order valence-corrected chi connectivity index (χ1v) is 6.22. The summed E-state index contributed by atoms with van der Waals surface area (Å²) in [6, 6.07) is 3.49. The Labute approximate surface area is 108 Å². The zero-order chi connectivity index (χ0) is 12.4. The van der Waals surface area contributed by atoms with Gasteiger partial charge in [0.25, 0.3) is 0 Å². The predicted molar refractivity (Wildman–Crippen MR) is 68.8 cm³/mol. The van der Waals surface area contributed by atoms with Gasteiger partial charge < -0.3 is 9.30 Å². The van der Waals surface area contributed by atoms with E-state index in [1.807, 2.05) is 29.8 Å². The smallest absolute Gasteiger partial charge is 0.328 e. The fourth-order valence-corrected chi connectivity index (χ4v) is 2.22. The van der Waals surface area contributed by atoms with Crippen molar-refractivity contribution >= 4 is 32.8 Å². The predicted octanol–water partition coefficient (Wildman–Crippen LogP) is 2.92. The summed E-state index contributed by atoms with van der Waals surface area (Å²) >= 11 is 3.39. The summed E-state index contributed by atoms with van der Waals surface area (Å²) in [5.74, 6) is -0.224.